The lowest BCUT2D eigenvalue weighted by Crippen LogP contribution is -2.38. The molecular formula is C41H42N2O5S. The first-order valence-corrected chi connectivity index (χ1v) is 17.5. The van der Waals surface area contributed by atoms with Gasteiger partial charge in [0.2, 0.25) is 0 Å². The number of para-hydroxylation sites is 1. The fourth-order valence-corrected chi connectivity index (χ4v) is 7.16. The molecule has 252 valence electrons. The van der Waals surface area contributed by atoms with Crippen molar-refractivity contribution in [1.82, 2.24) is 10.6 Å². The van der Waals surface area contributed by atoms with Gasteiger partial charge in [-0.15, -0.1) is 11.8 Å². The van der Waals surface area contributed by atoms with E-state index in [0.29, 0.717) is 13.1 Å². The second kappa shape index (κ2) is 16.7. The number of aliphatic hydroxyl groups excluding tert-OH is 1. The van der Waals surface area contributed by atoms with Gasteiger partial charge in [-0.25, -0.2) is 4.79 Å². The fraction of sp³-hybridized carbons (Fsp3) is 0.244. The van der Waals surface area contributed by atoms with Gasteiger partial charge in [-0.05, 0) is 57.6 Å². The molecule has 1 heterocycles. The van der Waals surface area contributed by atoms with E-state index in [-0.39, 0.29) is 30.8 Å². The third kappa shape index (κ3) is 8.90. The van der Waals surface area contributed by atoms with E-state index in [4.69, 9.17) is 14.2 Å². The zero-order chi connectivity index (χ0) is 34.0. The zero-order valence-corrected chi connectivity index (χ0v) is 28.6. The maximum absolute atomic E-state index is 12.5. The number of nitrogens with one attached hydrogen (secondary N) is 2. The zero-order valence-electron chi connectivity index (χ0n) is 27.8. The first-order valence-electron chi connectivity index (χ1n) is 16.5. The van der Waals surface area contributed by atoms with Crippen molar-refractivity contribution in [2.24, 2.45) is 5.92 Å². The van der Waals surface area contributed by atoms with Crippen LogP contribution in [0.4, 0.5) is 4.79 Å². The van der Waals surface area contributed by atoms with Crippen LogP contribution in [0.3, 0.4) is 0 Å². The van der Waals surface area contributed by atoms with Crippen LogP contribution in [0.5, 0.6) is 5.75 Å². The first kappa shape index (κ1) is 34.3. The van der Waals surface area contributed by atoms with E-state index < -0.39 is 6.29 Å². The topological polar surface area (TPSA) is 89.1 Å². The van der Waals surface area contributed by atoms with E-state index >= 15 is 0 Å². The van der Waals surface area contributed by atoms with Gasteiger partial charge in [0.05, 0.1) is 25.9 Å². The average Bonchev–Trinajstić information content (AvgIpc) is 3.16. The van der Waals surface area contributed by atoms with E-state index in [2.05, 4.69) is 47.9 Å². The van der Waals surface area contributed by atoms with Gasteiger partial charge in [0.15, 0.2) is 6.29 Å². The number of hydrogen-bond acceptors (Lipinski definition) is 6. The summed E-state index contributed by atoms with van der Waals surface area (Å²) < 4.78 is 19.1. The molecule has 0 spiro atoms. The molecule has 1 aliphatic heterocycles. The van der Waals surface area contributed by atoms with Crippen molar-refractivity contribution < 1.29 is 24.1 Å². The summed E-state index contributed by atoms with van der Waals surface area (Å²) in [6, 6.07) is 42.1. The van der Waals surface area contributed by atoms with Crippen LogP contribution in [0.25, 0.3) is 11.1 Å². The molecule has 8 heteroatoms. The molecule has 2 amide bonds. The van der Waals surface area contributed by atoms with Gasteiger partial charge >= 0.3 is 6.03 Å². The number of ether oxygens (including phenoxy) is 3. The Labute approximate surface area is 292 Å². The number of carbonyl (C=O) groups excluding carboxylic acids is 1. The summed E-state index contributed by atoms with van der Waals surface area (Å²) in [4.78, 5) is 13.5. The highest BCUT2D eigenvalue weighted by atomic mass is 32.2. The van der Waals surface area contributed by atoms with Crippen molar-refractivity contribution in [3.63, 3.8) is 0 Å². The van der Waals surface area contributed by atoms with Crippen molar-refractivity contribution in [2.75, 3.05) is 12.9 Å². The van der Waals surface area contributed by atoms with Crippen LogP contribution in [0.15, 0.2) is 132 Å². The van der Waals surface area contributed by atoms with Crippen molar-refractivity contribution in [1.29, 1.82) is 0 Å². The molecule has 0 bridgehead atoms. The van der Waals surface area contributed by atoms with Crippen LogP contribution in [-0.4, -0.2) is 30.1 Å². The number of thioether (sulfide) groups is 1. The molecule has 1 aliphatic rings. The smallest absolute Gasteiger partial charge is 0.315 e. The minimum Gasteiger partial charge on any atom is -0.496 e. The summed E-state index contributed by atoms with van der Waals surface area (Å²) in [7, 11) is 1.69. The van der Waals surface area contributed by atoms with Crippen LogP contribution in [0, 0.1) is 5.92 Å². The highest BCUT2D eigenvalue weighted by Gasteiger charge is 2.38. The van der Waals surface area contributed by atoms with Gasteiger partial charge in [0.1, 0.15) is 5.75 Å². The summed E-state index contributed by atoms with van der Waals surface area (Å²) in [5, 5.41) is 15.5. The minimum atomic E-state index is -0.583. The molecule has 0 radical (unpaired) electrons. The lowest BCUT2D eigenvalue weighted by Gasteiger charge is -2.41. The highest BCUT2D eigenvalue weighted by Crippen LogP contribution is 2.44. The molecule has 5 aromatic carbocycles. The molecule has 1 saturated heterocycles. The number of aliphatic hydroxyl groups is 1. The summed E-state index contributed by atoms with van der Waals surface area (Å²) in [5.74, 6) is 1.63. The third-order valence-electron chi connectivity index (χ3n) is 8.76. The van der Waals surface area contributed by atoms with Crippen molar-refractivity contribution in [3.8, 4) is 16.9 Å². The Hall–Kier alpha value is -4.60. The summed E-state index contributed by atoms with van der Waals surface area (Å²) in [5.41, 5.74) is 6.95. The Balaban J connectivity index is 1.18. The molecule has 0 saturated carbocycles. The van der Waals surface area contributed by atoms with Crippen LogP contribution in [0.2, 0.25) is 0 Å². The summed E-state index contributed by atoms with van der Waals surface area (Å²) >= 11 is 1.72. The Morgan fingerprint density at radius 2 is 1.41 bits per heavy atom. The van der Waals surface area contributed by atoms with E-state index in [1.54, 1.807) is 18.9 Å². The Bertz CT molecular complexity index is 1820. The molecule has 4 atom stereocenters. The van der Waals surface area contributed by atoms with Crippen molar-refractivity contribution in [3.05, 3.63) is 155 Å². The molecule has 6 rings (SSSR count). The number of methoxy groups -OCH3 is 1. The summed E-state index contributed by atoms with van der Waals surface area (Å²) in [6.45, 7) is 3.05. The maximum Gasteiger partial charge on any atom is 0.315 e. The largest absolute Gasteiger partial charge is 0.496 e. The van der Waals surface area contributed by atoms with Gasteiger partial charge in [0, 0.05) is 35.2 Å². The average molecular weight is 675 g/mol. The number of hydrogen-bond donors (Lipinski definition) is 3. The number of urea groups is 1. The van der Waals surface area contributed by atoms with Crippen molar-refractivity contribution >= 4 is 17.8 Å². The summed E-state index contributed by atoms with van der Waals surface area (Å²) in [6.07, 6.45) is -0.900. The Morgan fingerprint density at radius 3 is 2.16 bits per heavy atom. The normalized spacial score (nSPS) is 18.8. The second-order valence-electron chi connectivity index (χ2n) is 12.1. The quantitative estimate of drug-likeness (QED) is 0.115. The lowest BCUT2D eigenvalue weighted by molar-refractivity contribution is -0.268. The predicted molar refractivity (Wildman–Crippen MR) is 194 cm³/mol. The van der Waals surface area contributed by atoms with E-state index in [0.717, 1.165) is 55.3 Å². The van der Waals surface area contributed by atoms with Crippen LogP contribution in [0.1, 0.15) is 47.1 Å². The maximum atomic E-state index is 12.5. The first-order chi connectivity index (χ1) is 24.0. The Morgan fingerprint density at radius 1 is 0.735 bits per heavy atom. The predicted octanol–water partition coefficient (Wildman–Crippen LogP) is 8.44. The Kier molecular flexibility index (Phi) is 11.7. The van der Waals surface area contributed by atoms with Crippen LogP contribution >= 0.6 is 11.8 Å². The molecule has 49 heavy (non-hydrogen) atoms. The van der Waals surface area contributed by atoms with Crippen molar-refractivity contribution in [2.45, 2.75) is 50.0 Å². The SMILES string of the molecule is COc1ccccc1SC[C@H]1O[C@@H](c2cccc(-c3cccc(CNC(=O)NCc4ccccc4)c3)c2)O[C@@H](c2ccc(CO)cc2)[C@H]1C. The number of rotatable bonds is 12. The fourth-order valence-electron chi connectivity index (χ4n) is 5.97. The van der Waals surface area contributed by atoms with Gasteiger partial charge in [0.25, 0.3) is 0 Å². The molecule has 3 N–H and O–H groups in total. The standard InChI is InChI=1S/C41H42N2O5S/c1-28-37(27-49-38-17-7-6-16-36(38)46-2)47-40(48-39(28)32-20-18-30(26-44)19-21-32)35-15-9-14-34(23-35)33-13-8-12-31(22-33)25-43-41(45)42-24-29-10-4-3-5-11-29/h3-23,28,37,39-40,44H,24-27H2,1-2H3,(H2,42,43,45)/t28-,37+,39+,40+/m0/s1. The van der Waals surface area contributed by atoms with E-state index in [9.17, 15) is 9.90 Å². The van der Waals surface area contributed by atoms with Gasteiger partial charge in [-0.1, -0.05) is 110 Å². The molecular weight excluding hydrogens is 633 g/mol. The molecule has 0 unspecified atom stereocenters. The van der Waals surface area contributed by atoms with Gasteiger partial charge < -0.3 is 30.0 Å². The monoisotopic (exact) mass is 674 g/mol. The molecule has 0 aliphatic carbocycles. The van der Waals surface area contributed by atoms with Gasteiger partial charge in [-0.3, -0.25) is 0 Å². The number of amides is 2. The van der Waals surface area contributed by atoms with Crippen LogP contribution < -0.4 is 15.4 Å². The molecule has 7 nitrogen and oxygen atoms in total. The molecule has 5 aromatic rings. The van der Waals surface area contributed by atoms with Gasteiger partial charge in [-0.2, -0.15) is 0 Å². The van der Waals surface area contributed by atoms with E-state index in [1.807, 2.05) is 97.1 Å². The minimum absolute atomic E-state index is 0.00320. The van der Waals surface area contributed by atoms with E-state index in [1.165, 1.54) is 0 Å². The number of carbonyl (C=O) groups is 1. The molecule has 0 aromatic heterocycles. The molecule has 1 fully saturated rings. The third-order valence-corrected chi connectivity index (χ3v) is 9.91. The second-order valence-corrected chi connectivity index (χ2v) is 13.2. The number of benzene rings is 5. The lowest BCUT2D eigenvalue weighted by atomic mass is 9.91. The van der Waals surface area contributed by atoms with Crippen LogP contribution in [-0.2, 0) is 29.2 Å². The highest BCUT2D eigenvalue weighted by molar-refractivity contribution is 7.99.